The van der Waals surface area contributed by atoms with Crippen LogP contribution in [0.1, 0.15) is 28.9 Å². The fourth-order valence-corrected chi connectivity index (χ4v) is 5.46. The van der Waals surface area contributed by atoms with Gasteiger partial charge in [0.2, 0.25) is 11.8 Å². The van der Waals surface area contributed by atoms with Crippen molar-refractivity contribution >= 4 is 48.3 Å². The molecule has 3 aromatic carbocycles. The van der Waals surface area contributed by atoms with E-state index >= 15 is 0 Å². The van der Waals surface area contributed by atoms with Gasteiger partial charge in [-0.25, -0.2) is 4.79 Å². The summed E-state index contributed by atoms with van der Waals surface area (Å²) in [6, 6.07) is 26.7. The van der Waals surface area contributed by atoms with Gasteiger partial charge in [0.15, 0.2) is 0 Å². The zero-order chi connectivity index (χ0) is 30.2. The van der Waals surface area contributed by atoms with Crippen molar-refractivity contribution in [3.05, 3.63) is 108 Å². The molecule has 0 bridgehead atoms. The second-order valence-electron chi connectivity index (χ2n) is 9.06. The number of alkyl carbamates (subject to hydrolysis) is 1. The van der Waals surface area contributed by atoms with Crippen molar-refractivity contribution in [1.29, 1.82) is 0 Å². The monoisotopic (exact) mass is 609 g/mol. The quantitative estimate of drug-likeness (QED) is 0.152. The van der Waals surface area contributed by atoms with Crippen LogP contribution in [0.5, 0.6) is 0 Å². The minimum atomic E-state index is -1.05. The van der Waals surface area contributed by atoms with Gasteiger partial charge in [0, 0.05) is 11.5 Å². The van der Waals surface area contributed by atoms with Gasteiger partial charge in [-0.3, -0.25) is 14.4 Å². The van der Waals surface area contributed by atoms with E-state index in [1.54, 1.807) is 6.92 Å². The summed E-state index contributed by atoms with van der Waals surface area (Å²) in [5.41, 5.74) is 2.86. The van der Waals surface area contributed by atoms with Gasteiger partial charge in [-0.15, -0.1) is 11.8 Å². The van der Waals surface area contributed by atoms with E-state index in [0.29, 0.717) is 0 Å². The standard InChI is InChI=1S/C31H35N3O6S2/c1-2-39-27(35)18-32-29(36)25(20-41)33-30(37)26(34-31(38)40-19-22-12-6-3-7-13-22)21-42-28(23-14-8-4-9-15-23)24-16-10-5-11-17-24/h3-17,25-26,28,41H,2,18-21H2,1H3,(H,32,36)(H,33,37)(H,34,38). The Morgan fingerprint density at radius 3 is 1.88 bits per heavy atom. The number of thiol groups is 1. The molecule has 3 aromatic rings. The van der Waals surface area contributed by atoms with Crippen molar-refractivity contribution in [1.82, 2.24) is 16.0 Å². The van der Waals surface area contributed by atoms with E-state index in [1.807, 2.05) is 91.0 Å². The minimum Gasteiger partial charge on any atom is -0.465 e. The number of benzene rings is 3. The molecule has 11 heteroatoms. The van der Waals surface area contributed by atoms with Gasteiger partial charge in [0.25, 0.3) is 0 Å². The largest absolute Gasteiger partial charge is 0.465 e. The topological polar surface area (TPSA) is 123 Å². The molecule has 2 atom stereocenters. The van der Waals surface area contributed by atoms with Crippen molar-refractivity contribution < 1.29 is 28.7 Å². The van der Waals surface area contributed by atoms with Crippen molar-refractivity contribution in [2.45, 2.75) is 30.9 Å². The second kappa shape index (κ2) is 17.8. The van der Waals surface area contributed by atoms with Crippen molar-refractivity contribution in [3.63, 3.8) is 0 Å². The molecule has 3 rings (SSSR count). The smallest absolute Gasteiger partial charge is 0.408 e. The van der Waals surface area contributed by atoms with E-state index in [4.69, 9.17) is 9.47 Å². The van der Waals surface area contributed by atoms with E-state index < -0.39 is 36.0 Å². The predicted octanol–water partition coefficient (Wildman–Crippen LogP) is 3.90. The highest BCUT2D eigenvalue weighted by atomic mass is 32.2. The zero-order valence-corrected chi connectivity index (χ0v) is 24.9. The highest BCUT2D eigenvalue weighted by Gasteiger charge is 2.28. The number of thioether (sulfide) groups is 1. The van der Waals surface area contributed by atoms with Crippen LogP contribution >= 0.6 is 24.4 Å². The van der Waals surface area contributed by atoms with E-state index in [-0.39, 0.29) is 36.5 Å². The Bertz CT molecular complexity index is 1240. The molecule has 0 saturated carbocycles. The summed E-state index contributed by atoms with van der Waals surface area (Å²) in [4.78, 5) is 50.5. The summed E-state index contributed by atoms with van der Waals surface area (Å²) in [5, 5.41) is 7.61. The minimum absolute atomic E-state index is 0.0281. The van der Waals surface area contributed by atoms with Crippen LogP contribution in [0, 0.1) is 0 Å². The first-order chi connectivity index (χ1) is 20.4. The third kappa shape index (κ3) is 10.8. The molecule has 0 saturated heterocycles. The van der Waals surface area contributed by atoms with Gasteiger partial charge in [0.05, 0.1) is 11.9 Å². The normalized spacial score (nSPS) is 12.1. The number of esters is 1. The molecule has 222 valence electrons. The number of amides is 3. The number of hydrogen-bond donors (Lipinski definition) is 4. The Hall–Kier alpha value is -3.96. The predicted molar refractivity (Wildman–Crippen MR) is 166 cm³/mol. The van der Waals surface area contributed by atoms with E-state index in [9.17, 15) is 19.2 Å². The average Bonchev–Trinajstić information content (AvgIpc) is 3.02. The molecule has 0 aromatic heterocycles. The summed E-state index contributed by atoms with van der Waals surface area (Å²) in [5.74, 6) is -1.65. The van der Waals surface area contributed by atoms with Crippen molar-refractivity contribution in [3.8, 4) is 0 Å². The third-order valence-electron chi connectivity index (χ3n) is 5.98. The third-order valence-corrected chi connectivity index (χ3v) is 7.75. The Labute approximate surface area is 255 Å². The van der Waals surface area contributed by atoms with Crippen LogP contribution in [0.3, 0.4) is 0 Å². The first kappa shape index (κ1) is 32.6. The summed E-state index contributed by atoms with van der Waals surface area (Å²) >= 11 is 5.67. The maximum absolute atomic E-state index is 13.5. The second-order valence-corrected chi connectivity index (χ2v) is 10.6. The number of carbonyl (C=O) groups excluding carboxylic acids is 4. The zero-order valence-electron chi connectivity index (χ0n) is 23.2. The van der Waals surface area contributed by atoms with Crippen LogP contribution in [0.4, 0.5) is 4.79 Å². The van der Waals surface area contributed by atoms with Crippen molar-refractivity contribution in [2.24, 2.45) is 0 Å². The lowest BCUT2D eigenvalue weighted by Crippen LogP contribution is -2.55. The van der Waals surface area contributed by atoms with Crippen LogP contribution in [0.25, 0.3) is 0 Å². The fourth-order valence-electron chi connectivity index (χ4n) is 3.88. The molecule has 0 heterocycles. The fraction of sp³-hybridized carbons (Fsp3) is 0.290. The van der Waals surface area contributed by atoms with Crippen LogP contribution in [0.2, 0.25) is 0 Å². The SMILES string of the molecule is CCOC(=O)CNC(=O)C(CS)NC(=O)C(CSC(c1ccccc1)c1ccccc1)NC(=O)OCc1ccccc1. The maximum Gasteiger partial charge on any atom is 0.408 e. The first-order valence-electron chi connectivity index (χ1n) is 13.4. The molecule has 0 fully saturated rings. The Morgan fingerprint density at radius 1 is 0.762 bits per heavy atom. The number of nitrogens with one attached hydrogen (secondary N) is 3. The molecule has 0 aliphatic rings. The average molecular weight is 610 g/mol. The summed E-state index contributed by atoms with van der Waals surface area (Å²) < 4.78 is 10.2. The van der Waals surface area contributed by atoms with E-state index in [1.165, 1.54) is 11.8 Å². The molecule has 9 nitrogen and oxygen atoms in total. The van der Waals surface area contributed by atoms with E-state index in [2.05, 4.69) is 28.6 Å². The molecule has 0 aliphatic carbocycles. The van der Waals surface area contributed by atoms with Gasteiger partial charge in [0.1, 0.15) is 25.2 Å². The number of rotatable bonds is 15. The summed E-state index contributed by atoms with van der Waals surface area (Å²) in [6.45, 7) is 1.53. The Balaban J connectivity index is 1.74. The Morgan fingerprint density at radius 2 is 1.33 bits per heavy atom. The van der Waals surface area contributed by atoms with Gasteiger partial charge < -0.3 is 25.4 Å². The number of hydrogen-bond acceptors (Lipinski definition) is 8. The van der Waals surface area contributed by atoms with Crippen LogP contribution in [-0.4, -0.2) is 60.6 Å². The molecule has 0 aliphatic heterocycles. The van der Waals surface area contributed by atoms with Gasteiger partial charge in [-0.1, -0.05) is 91.0 Å². The highest BCUT2D eigenvalue weighted by Crippen LogP contribution is 2.35. The van der Waals surface area contributed by atoms with Gasteiger partial charge in [-0.2, -0.15) is 12.6 Å². The molecule has 3 amide bonds. The lowest BCUT2D eigenvalue weighted by atomic mass is 10.0. The lowest BCUT2D eigenvalue weighted by molar-refractivity contribution is -0.143. The van der Waals surface area contributed by atoms with Crippen molar-refractivity contribution in [2.75, 3.05) is 24.7 Å². The molecular formula is C31H35N3O6S2. The van der Waals surface area contributed by atoms with Gasteiger partial charge in [-0.05, 0) is 23.6 Å². The Kier molecular flexibility index (Phi) is 13.8. The van der Waals surface area contributed by atoms with Gasteiger partial charge >= 0.3 is 12.1 Å². The highest BCUT2D eigenvalue weighted by molar-refractivity contribution is 7.99. The summed E-state index contributed by atoms with van der Waals surface area (Å²) in [7, 11) is 0. The first-order valence-corrected chi connectivity index (χ1v) is 15.1. The number of carbonyl (C=O) groups is 4. The summed E-state index contributed by atoms with van der Waals surface area (Å²) in [6.07, 6.45) is -0.773. The molecular weight excluding hydrogens is 574 g/mol. The molecule has 2 unspecified atom stereocenters. The van der Waals surface area contributed by atoms with E-state index in [0.717, 1.165) is 16.7 Å². The van der Waals surface area contributed by atoms with Crippen LogP contribution < -0.4 is 16.0 Å². The molecule has 3 N–H and O–H groups in total. The number of ether oxygens (including phenoxy) is 2. The maximum atomic E-state index is 13.5. The van der Waals surface area contributed by atoms with Crippen LogP contribution in [-0.2, 0) is 30.5 Å². The lowest BCUT2D eigenvalue weighted by Gasteiger charge is -2.24. The molecule has 0 radical (unpaired) electrons. The van der Waals surface area contributed by atoms with Crippen LogP contribution in [0.15, 0.2) is 91.0 Å². The molecule has 42 heavy (non-hydrogen) atoms. The molecule has 0 spiro atoms.